The van der Waals surface area contributed by atoms with Crippen molar-refractivity contribution in [3.05, 3.63) is 23.8 Å². The van der Waals surface area contributed by atoms with E-state index in [0.717, 1.165) is 30.6 Å². The Balaban J connectivity index is 2.28. The second-order valence-corrected chi connectivity index (χ2v) is 2.82. The van der Waals surface area contributed by atoms with Crippen LogP contribution in [-0.4, -0.2) is 27.8 Å². The number of aromatic nitrogens is 2. The molecule has 0 spiro atoms. The normalized spacial score (nSPS) is 15.5. The summed E-state index contributed by atoms with van der Waals surface area (Å²) in [4.78, 5) is 20.2. The van der Waals surface area contributed by atoms with Gasteiger partial charge in [-0.05, 0) is 0 Å². The zero-order valence-electron chi connectivity index (χ0n) is 6.60. The molecule has 0 N–H and O–H groups in total. The molecule has 62 valence electrons. The zero-order valence-corrected chi connectivity index (χ0v) is 6.60. The van der Waals surface area contributed by atoms with Gasteiger partial charge in [-0.2, -0.15) is 0 Å². The van der Waals surface area contributed by atoms with Crippen molar-refractivity contribution in [3.8, 4) is 0 Å². The number of hydrogen-bond donors (Lipinski definition) is 0. The van der Waals surface area contributed by atoms with Gasteiger partial charge in [-0.25, -0.2) is 9.97 Å². The monoisotopic (exact) mass is 163 g/mol. The molecule has 0 fully saturated rings. The molecule has 1 aliphatic heterocycles. The van der Waals surface area contributed by atoms with Gasteiger partial charge in [0.25, 0.3) is 0 Å². The molecular weight excluding hydrogens is 154 g/mol. The smallest absolute Gasteiger partial charge is 0.210 e. The topological polar surface area (TPSA) is 46.1 Å². The second-order valence-electron chi connectivity index (χ2n) is 2.82. The van der Waals surface area contributed by atoms with E-state index >= 15 is 0 Å². The van der Waals surface area contributed by atoms with Gasteiger partial charge in [-0.15, -0.1) is 0 Å². The first-order chi connectivity index (χ1) is 5.90. The van der Waals surface area contributed by atoms with Gasteiger partial charge in [-0.3, -0.25) is 4.79 Å². The van der Waals surface area contributed by atoms with Crippen LogP contribution in [0.25, 0.3) is 0 Å². The number of nitrogens with zero attached hydrogens (tertiary/aromatic N) is 3. The Bertz CT molecular complexity index is 300. The van der Waals surface area contributed by atoms with Crippen LogP contribution in [0.2, 0.25) is 0 Å². The van der Waals surface area contributed by atoms with Gasteiger partial charge in [0.2, 0.25) is 6.41 Å². The summed E-state index contributed by atoms with van der Waals surface area (Å²) in [5, 5.41) is 0. The maximum atomic E-state index is 10.5. The van der Waals surface area contributed by atoms with Crippen molar-refractivity contribution < 1.29 is 4.79 Å². The molecular formula is C8H9N3O. The second kappa shape index (κ2) is 2.89. The zero-order chi connectivity index (χ0) is 8.39. The van der Waals surface area contributed by atoms with Crippen LogP contribution in [0.4, 0.5) is 0 Å². The molecule has 12 heavy (non-hydrogen) atoms. The highest BCUT2D eigenvalue weighted by Gasteiger charge is 2.14. The lowest BCUT2D eigenvalue weighted by atomic mass is 10.1. The maximum Gasteiger partial charge on any atom is 0.210 e. The molecule has 2 rings (SSSR count). The van der Waals surface area contributed by atoms with Gasteiger partial charge in [0.1, 0.15) is 6.33 Å². The minimum absolute atomic E-state index is 0.652. The molecule has 0 radical (unpaired) electrons. The van der Waals surface area contributed by atoms with E-state index in [0.29, 0.717) is 6.54 Å². The van der Waals surface area contributed by atoms with E-state index in [1.54, 1.807) is 17.4 Å². The summed E-state index contributed by atoms with van der Waals surface area (Å²) in [5.74, 6) is 0. The summed E-state index contributed by atoms with van der Waals surface area (Å²) in [6, 6.07) is 0. The summed E-state index contributed by atoms with van der Waals surface area (Å²) >= 11 is 0. The predicted octanol–water partition coefficient (Wildman–Crippen LogP) is -0.00890. The average molecular weight is 163 g/mol. The van der Waals surface area contributed by atoms with Gasteiger partial charge < -0.3 is 4.90 Å². The largest absolute Gasteiger partial charge is 0.340 e. The molecule has 0 aromatic carbocycles. The molecule has 0 atom stereocenters. The summed E-state index contributed by atoms with van der Waals surface area (Å²) < 4.78 is 0. The van der Waals surface area contributed by atoms with E-state index in [9.17, 15) is 4.79 Å². The molecule has 4 nitrogen and oxygen atoms in total. The highest BCUT2D eigenvalue weighted by molar-refractivity contribution is 5.48. The molecule has 0 saturated heterocycles. The van der Waals surface area contributed by atoms with Gasteiger partial charge in [-0.1, -0.05) is 0 Å². The summed E-state index contributed by atoms with van der Waals surface area (Å²) in [6.07, 6.45) is 5.04. The minimum atomic E-state index is 0.652. The van der Waals surface area contributed by atoms with E-state index in [1.165, 1.54) is 0 Å². The van der Waals surface area contributed by atoms with Gasteiger partial charge in [0.15, 0.2) is 0 Å². The Morgan fingerprint density at radius 2 is 2.50 bits per heavy atom. The Morgan fingerprint density at radius 1 is 1.58 bits per heavy atom. The fourth-order valence-electron chi connectivity index (χ4n) is 1.38. The fraction of sp³-hybridized carbons (Fsp3) is 0.375. The Hall–Kier alpha value is -1.45. The van der Waals surface area contributed by atoms with Crippen molar-refractivity contribution >= 4 is 6.41 Å². The van der Waals surface area contributed by atoms with E-state index in [2.05, 4.69) is 9.97 Å². The molecule has 1 aliphatic rings. The molecule has 2 heterocycles. The van der Waals surface area contributed by atoms with Crippen LogP contribution in [0.5, 0.6) is 0 Å². The van der Waals surface area contributed by atoms with Crippen LogP contribution in [0, 0.1) is 0 Å². The molecule has 1 amide bonds. The van der Waals surface area contributed by atoms with Crippen LogP contribution in [0.15, 0.2) is 12.5 Å². The first kappa shape index (κ1) is 7.21. The number of carbonyl (C=O) groups excluding carboxylic acids is 1. The Morgan fingerprint density at radius 3 is 3.33 bits per heavy atom. The lowest BCUT2D eigenvalue weighted by Gasteiger charge is -2.23. The maximum absolute atomic E-state index is 10.5. The molecule has 0 bridgehead atoms. The third-order valence-corrected chi connectivity index (χ3v) is 2.04. The van der Waals surface area contributed by atoms with E-state index < -0.39 is 0 Å². The third-order valence-electron chi connectivity index (χ3n) is 2.04. The van der Waals surface area contributed by atoms with Gasteiger partial charge in [0, 0.05) is 31.3 Å². The number of hydrogen-bond acceptors (Lipinski definition) is 3. The van der Waals surface area contributed by atoms with Crippen LogP contribution >= 0.6 is 0 Å². The van der Waals surface area contributed by atoms with Crippen molar-refractivity contribution in [2.45, 2.75) is 13.0 Å². The fourth-order valence-corrected chi connectivity index (χ4v) is 1.38. The molecule has 0 aliphatic carbocycles. The van der Waals surface area contributed by atoms with Crippen LogP contribution in [0.3, 0.4) is 0 Å². The third kappa shape index (κ3) is 1.15. The average Bonchev–Trinajstić information content (AvgIpc) is 2.17. The van der Waals surface area contributed by atoms with Crippen LogP contribution in [-0.2, 0) is 17.8 Å². The van der Waals surface area contributed by atoms with Crippen molar-refractivity contribution in [2.24, 2.45) is 0 Å². The van der Waals surface area contributed by atoms with E-state index in [1.807, 2.05) is 0 Å². The molecule has 0 unspecified atom stereocenters. The number of fused-ring (bicyclic) bond motifs is 1. The van der Waals surface area contributed by atoms with Crippen LogP contribution < -0.4 is 0 Å². The molecule has 0 saturated carbocycles. The van der Waals surface area contributed by atoms with Crippen molar-refractivity contribution in [3.63, 3.8) is 0 Å². The number of carbonyl (C=O) groups is 1. The molecule has 1 aromatic rings. The summed E-state index contributed by atoms with van der Waals surface area (Å²) in [6.45, 7) is 1.42. The van der Waals surface area contributed by atoms with Gasteiger partial charge in [0.05, 0.1) is 5.69 Å². The predicted molar refractivity (Wildman–Crippen MR) is 42.2 cm³/mol. The van der Waals surface area contributed by atoms with E-state index in [-0.39, 0.29) is 0 Å². The van der Waals surface area contributed by atoms with Gasteiger partial charge >= 0.3 is 0 Å². The van der Waals surface area contributed by atoms with Crippen molar-refractivity contribution in [2.75, 3.05) is 6.54 Å². The standard InChI is InChI=1S/C8H9N3O/c12-6-11-2-1-8-7(4-11)3-9-5-10-8/h3,5-6H,1-2,4H2. The molecule has 1 aromatic heterocycles. The SMILES string of the molecule is O=CN1CCc2ncncc2C1. The Labute approximate surface area is 70.2 Å². The lowest BCUT2D eigenvalue weighted by molar-refractivity contribution is -0.118. The first-order valence-electron chi connectivity index (χ1n) is 3.87. The lowest BCUT2D eigenvalue weighted by Crippen LogP contribution is -2.29. The quantitative estimate of drug-likeness (QED) is 0.547. The van der Waals surface area contributed by atoms with E-state index in [4.69, 9.17) is 0 Å². The van der Waals surface area contributed by atoms with Crippen molar-refractivity contribution in [1.82, 2.24) is 14.9 Å². The highest BCUT2D eigenvalue weighted by atomic mass is 16.1. The summed E-state index contributed by atoms with van der Waals surface area (Å²) in [5.41, 5.74) is 2.14. The number of rotatable bonds is 1. The van der Waals surface area contributed by atoms with Crippen molar-refractivity contribution in [1.29, 1.82) is 0 Å². The number of amides is 1. The Kier molecular flexibility index (Phi) is 1.74. The summed E-state index contributed by atoms with van der Waals surface area (Å²) in [7, 11) is 0. The van der Waals surface area contributed by atoms with Crippen LogP contribution in [0.1, 0.15) is 11.3 Å². The minimum Gasteiger partial charge on any atom is -0.340 e. The first-order valence-corrected chi connectivity index (χ1v) is 3.87. The highest BCUT2D eigenvalue weighted by Crippen LogP contribution is 2.13. The molecule has 4 heteroatoms.